The molecule has 0 aliphatic carbocycles. The molecule has 1 aliphatic rings. The Morgan fingerprint density at radius 1 is 1.52 bits per heavy atom. The number of benzene rings is 1. The highest BCUT2D eigenvalue weighted by Crippen LogP contribution is 2.32. The Bertz CT molecular complexity index is 605. The Kier molecular flexibility index (Phi) is 5.16. The highest BCUT2D eigenvalue weighted by Gasteiger charge is 2.34. The second-order valence-corrected chi connectivity index (χ2v) is 8.76. The molecule has 118 valence electrons. The van der Waals surface area contributed by atoms with E-state index in [1.165, 1.54) is 12.1 Å². The first-order valence-corrected chi connectivity index (χ1v) is 9.84. The second-order valence-electron chi connectivity index (χ2n) is 5.17. The lowest BCUT2D eigenvalue weighted by Gasteiger charge is -2.38. The zero-order valence-electron chi connectivity index (χ0n) is 12.3. The van der Waals surface area contributed by atoms with Gasteiger partial charge in [0.15, 0.2) is 9.84 Å². The van der Waals surface area contributed by atoms with Crippen molar-refractivity contribution in [2.75, 3.05) is 28.7 Å². The van der Waals surface area contributed by atoms with Crippen LogP contribution in [0.5, 0.6) is 0 Å². The maximum absolute atomic E-state index is 13.5. The predicted octanol–water partition coefficient (Wildman–Crippen LogP) is 2.16. The van der Waals surface area contributed by atoms with Gasteiger partial charge in [0.05, 0.1) is 0 Å². The number of halogens is 1. The first-order chi connectivity index (χ1) is 9.86. The summed E-state index contributed by atoms with van der Waals surface area (Å²) in [6.45, 7) is 4.06. The van der Waals surface area contributed by atoms with Crippen molar-refractivity contribution in [3.05, 3.63) is 29.6 Å². The fourth-order valence-electron chi connectivity index (χ4n) is 2.50. The molecule has 1 aliphatic heterocycles. The highest BCUT2D eigenvalue weighted by molar-refractivity contribution is 8.01. The number of sulfone groups is 1. The van der Waals surface area contributed by atoms with Gasteiger partial charge < -0.3 is 10.6 Å². The van der Waals surface area contributed by atoms with Crippen molar-refractivity contribution in [3.63, 3.8) is 0 Å². The van der Waals surface area contributed by atoms with Gasteiger partial charge in [0.2, 0.25) is 0 Å². The molecule has 1 aromatic rings. The Morgan fingerprint density at radius 2 is 2.24 bits per heavy atom. The van der Waals surface area contributed by atoms with Crippen LogP contribution in [0.25, 0.3) is 0 Å². The topological polar surface area (TPSA) is 63.4 Å². The predicted molar refractivity (Wildman–Crippen MR) is 86.9 cm³/mol. The van der Waals surface area contributed by atoms with Gasteiger partial charge in [0, 0.05) is 35.5 Å². The second kappa shape index (κ2) is 6.54. The quantitative estimate of drug-likeness (QED) is 0.915. The van der Waals surface area contributed by atoms with Crippen LogP contribution in [0.1, 0.15) is 25.5 Å². The molecular weight excluding hydrogens is 311 g/mol. The van der Waals surface area contributed by atoms with Crippen LogP contribution in [-0.4, -0.2) is 37.6 Å². The molecule has 0 saturated carbocycles. The lowest BCUT2D eigenvalue weighted by molar-refractivity contribution is 0.578. The number of nitrogens with zero attached hydrogens (tertiary/aromatic N) is 1. The molecular formula is C14H21FN2O2S2. The SMILES string of the molecule is CCS(=O)(=O)C1CSCCN1c1ccc(F)cc1[C@H](C)N. The van der Waals surface area contributed by atoms with Crippen molar-refractivity contribution in [3.8, 4) is 0 Å². The summed E-state index contributed by atoms with van der Waals surface area (Å²) in [6, 6.07) is 4.05. The van der Waals surface area contributed by atoms with Crippen LogP contribution in [-0.2, 0) is 9.84 Å². The zero-order valence-corrected chi connectivity index (χ0v) is 13.9. The van der Waals surface area contributed by atoms with E-state index in [2.05, 4.69) is 0 Å². The summed E-state index contributed by atoms with van der Waals surface area (Å²) < 4.78 is 38.1. The standard InChI is InChI=1S/C14H21FN2O2S2/c1-3-21(18,19)14-9-20-7-6-17(14)13-5-4-11(15)8-12(13)10(2)16/h4-5,8,10,14H,3,6-7,9,16H2,1-2H3/t10-,14?/m0/s1. The van der Waals surface area contributed by atoms with E-state index in [9.17, 15) is 12.8 Å². The summed E-state index contributed by atoms with van der Waals surface area (Å²) in [7, 11) is -3.20. The summed E-state index contributed by atoms with van der Waals surface area (Å²) >= 11 is 1.63. The van der Waals surface area contributed by atoms with Gasteiger partial charge in [-0.1, -0.05) is 6.92 Å². The molecule has 0 aromatic heterocycles. The van der Waals surface area contributed by atoms with Crippen molar-refractivity contribution in [1.29, 1.82) is 0 Å². The summed E-state index contributed by atoms with van der Waals surface area (Å²) in [5.41, 5.74) is 7.31. The monoisotopic (exact) mass is 332 g/mol. The van der Waals surface area contributed by atoms with E-state index in [1.54, 1.807) is 31.7 Å². The van der Waals surface area contributed by atoms with Crippen LogP contribution in [0.2, 0.25) is 0 Å². The van der Waals surface area contributed by atoms with Gasteiger partial charge in [0.25, 0.3) is 0 Å². The lowest BCUT2D eigenvalue weighted by atomic mass is 10.1. The first-order valence-electron chi connectivity index (χ1n) is 6.97. The number of hydrogen-bond donors (Lipinski definition) is 1. The van der Waals surface area contributed by atoms with Gasteiger partial charge in [0.1, 0.15) is 11.2 Å². The third-order valence-electron chi connectivity index (χ3n) is 3.69. The van der Waals surface area contributed by atoms with E-state index in [-0.39, 0.29) is 17.6 Å². The smallest absolute Gasteiger partial charge is 0.171 e. The van der Waals surface area contributed by atoms with E-state index in [0.29, 0.717) is 17.9 Å². The van der Waals surface area contributed by atoms with E-state index in [1.807, 2.05) is 4.90 Å². The molecule has 1 saturated heterocycles. The molecule has 0 radical (unpaired) electrons. The van der Waals surface area contributed by atoms with Crippen LogP contribution in [0.15, 0.2) is 18.2 Å². The van der Waals surface area contributed by atoms with E-state index in [0.717, 1.165) is 11.4 Å². The van der Waals surface area contributed by atoms with Crippen molar-refractivity contribution < 1.29 is 12.8 Å². The molecule has 7 heteroatoms. The summed E-state index contributed by atoms with van der Waals surface area (Å²) in [4.78, 5) is 1.87. The molecule has 1 unspecified atom stereocenters. The van der Waals surface area contributed by atoms with Crippen LogP contribution >= 0.6 is 11.8 Å². The molecule has 1 aromatic carbocycles. The molecule has 0 amide bonds. The maximum atomic E-state index is 13.5. The number of anilines is 1. The molecule has 4 nitrogen and oxygen atoms in total. The van der Waals surface area contributed by atoms with Crippen molar-refractivity contribution in [2.24, 2.45) is 5.73 Å². The number of thioether (sulfide) groups is 1. The van der Waals surface area contributed by atoms with E-state index in [4.69, 9.17) is 5.73 Å². The molecule has 2 rings (SSSR count). The summed E-state index contributed by atoms with van der Waals surface area (Å²) in [5, 5.41) is -0.566. The molecule has 0 spiro atoms. The first kappa shape index (κ1) is 16.6. The Labute approximate surface area is 129 Å². The van der Waals surface area contributed by atoms with E-state index < -0.39 is 15.2 Å². The van der Waals surface area contributed by atoms with E-state index >= 15 is 0 Å². The molecule has 1 heterocycles. The van der Waals surface area contributed by atoms with Crippen molar-refractivity contribution in [2.45, 2.75) is 25.3 Å². The van der Waals surface area contributed by atoms with Crippen molar-refractivity contribution >= 4 is 27.3 Å². The zero-order chi connectivity index (χ0) is 15.6. The minimum Gasteiger partial charge on any atom is -0.353 e. The molecule has 1 fully saturated rings. The minimum absolute atomic E-state index is 0.101. The number of hydrogen-bond acceptors (Lipinski definition) is 5. The molecule has 2 N–H and O–H groups in total. The summed E-state index contributed by atoms with van der Waals surface area (Å²) in [6.07, 6.45) is 0. The lowest BCUT2D eigenvalue weighted by Crippen LogP contribution is -2.48. The Hall–Kier alpha value is -0.790. The van der Waals surface area contributed by atoms with Crippen molar-refractivity contribution in [1.82, 2.24) is 0 Å². The maximum Gasteiger partial charge on any atom is 0.171 e. The average Bonchev–Trinajstić information content (AvgIpc) is 2.47. The highest BCUT2D eigenvalue weighted by atomic mass is 32.2. The van der Waals surface area contributed by atoms with Gasteiger partial charge in [-0.3, -0.25) is 0 Å². The average molecular weight is 332 g/mol. The van der Waals surface area contributed by atoms with Gasteiger partial charge in [-0.05, 0) is 30.7 Å². The van der Waals surface area contributed by atoms with Crippen LogP contribution < -0.4 is 10.6 Å². The largest absolute Gasteiger partial charge is 0.353 e. The van der Waals surface area contributed by atoms with Crippen LogP contribution in [0.3, 0.4) is 0 Å². The van der Waals surface area contributed by atoms with Gasteiger partial charge in [-0.15, -0.1) is 0 Å². The third kappa shape index (κ3) is 3.52. The molecule has 2 atom stereocenters. The molecule has 21 heavy (non-hydrogen) atoms. The fraction of sp³-hybridized carbons (Fsp3) is 0.571. The molecule has 0 bridgehead atoms. The Morgan fingerprint density at radius 3 is 2.86 bits per heavy atom. The summed E-state index contributed by atoms with van der Waals surface area (Å²) in [5.74, 6) is 1.13. The van der Waals surface area contributed by atoms with Gasteiger partial charge in [-0.2, -0.15) is 11.8 Å². The third-order valence-corrected chi connectivity index (χ3v) is 6.98. The van der Waals surface area contributed by atoms with Gasteiger partial charge in [-0.25, -0.2) is 12.8 Å². The van der Waals surface area contributed by atoms with Gasteiger partial charge >= 0.3 is 0 Å². The fourth-order valence-corrected chi connectivity index (χ4v) is 5.48. The minimum atomic E-state index is -3.20. The van der Waals surface area contributed by atoms with Crippen LogP contribution in [0, 0.1) is 5.82 Å². The normalized spacial score (nSPS) is 21.3. The number of nitrogens with two attached hydrogens (primary N) is 1. The number of rotatable bonds is 4. The van der Waals surface area contributed by atoms with Crippen LogP contribution in [0.4, 0.5) is 10.1 Å². The Balaban J connectivity index is 2.47.